The van der Waals surface area contributed by atoms with Gasteiger partial charge in [-0.3, -0.25) is 10.4 Å². The molecule has 0 fully saturated rings. The van der Waals surface area contributed by atoms with E-state index in [-0.39, 0.29) is 0 Å². The average molecular weight is 218 g/mol. The van der Waals surface area contributed by atoms with Crippen LogP contribution < -0.4 is 4.91 Å². The Labute approximate surface area is 71.3 Å². The Hall–Kier alpha value is -0.355. The molecule has 0 atom stereocenters. The van der Waals surface area contributed by atoms with Gasteiger partial charge in [-0.05, 0) is 15.9 Å². The van der Waals surface area contributed by atoms with Gasteiger partial charge < -0.3 is 4.65 Å². The van der Waals surface area contributed by atoms with E-state index in [2.05, 4.69) is 25.6 Å². The van der Waals surface area contributed by atoms with E-state index in [1.807, 2.05) is 0 Å². The van der Waals surface area contributed by atoms with Gasteiger partial charge in [-0.1, -0.05) is 0 Å². The molecular weight excluding hydrogens is 215 g/mol. The molecule has 0 bridgehead atoms. The molecule has 51 valence electrons. The second-order valence-corrected chi connectivity index (χ2v) is 3.82. The first-order valence-electron chi connectivity index (χ1n) is 2.42. The molecule has 0 saturated heterocycles. The molecule has 6 heteroatoms. The monoisotopic (exact) mass is 217 g/mol. The molecule has 1 N–H and O–H groups in total. The number of nitrogens with zero attached hydrogens (tertiary/aromatic N) is 1. The van der Waals surface area contributed by atoms with Gasteiger partial charge in [0.1, 0.15) is 11.3 Å². The number of hydrogen-bond acceptors (Lipinski definition) is 4. The maximum absolute atomic E-state index is 6.55. The molecule has 10 heavy (non-hydrogen) atoms. The zero-order chi connectivity index (χ0) is 7.40. The van der Waals surface area contributed by atoms with Crippen LogP contribution >= 0.6 is 27.3 Å². The summed E-state index contributed by atoms with van der Waals surface area (Å²) in [5.41, 5.74) is 0. The van der Waals surface area contributed by atoms with E-state index in [9.17, 15) is 0 Å². The van der Waals surface area contributed by atoms with Crippen LogP contribution in [0.15, 0.2) is 9.98 Å². The van der Waals surface area contributed by atoms with Gasteiger partial charge in [0, 0.05) is 0 Å². The van der Waals surface area contributed by atoms with Gasteiger partial charge >= 0.3 is 7.48 Å². The molecule has 1 aromatic rings. The Morgan fingerprint density at radius 2 is 2.70 bits per heavy atom. The molecule has 0 spiro atoms. The summed E-state index contributed by atoms with van der Waals surface area (Å²) in [6.07, 6.45) is 2.54. The Bertz CT molecular complexity index is 229. The predicted octanol–water partition coefficient (Wildman–Crippen LogP) is 0.774. The minimum atomic E-state index is 0.746. The molecule has 1 radical (unpaired) electrons. The molecule has 1 heterocycles. The van der Waals surface area contributed by atoms with Crippen molar-refractivity contribution in [3.8, 4) is 0 Å². The van der Waals surface area contributed by atoms with Crippen molar-refractivity contribution >= 4 is 46.1 Å². The fourth-order valence-corrected chi connectivity index (χ4v) is 1.53. The van der Waals surface area contributed by atoms with Gasteiger partial charge in [-0.25, -0.2) is 0 Å². The Morgan fingerprint density at radius 1 is 1.90 bits per heavy atom. The highest BCUT2D eigenvalue weighted by Gasteiger charge is 2.01. The largest absolute Gasteiger partial charge is 0.548 e. The summed E-state index contributed by atoms with van der Waals surface area (Å²) in [6, 6.07) is 0. The molecular formula is C4H3BBrN2OS. The van der Waals surface area contributed by atoms with Gasteiger partial charge in [0.2, 0.25) is 0 Å². The van der Waals surface area contributed by atoms with E-state index >= 15 is 0 Å². The molecule has 0 aliphatic rings. The second kappa shape index (κ2) is 3.73. The minimum Gasteiger partial charge on any atom is -0.548 e. The van der Waals surface area contributed by atoms with Crippen molar-refractivity contribution in [3.05, 3.63) is 9.98 Å². The Balaban J connectivity index is 2.49. The molecule has 3 nitrogen and oxygen atoms in total. The average Bonchev–Trinajstić information content (AvgIpc) is 2.31. The maximum atomic E-state index is 6.55. The van der Waals surface area contributed by atoms with Crippen molar-refractivity contribution in [1.29, 1.82) is 5.41 Å². The van der Waals surface area contributed by atoms with Crippen LogP contribution in [0.1, 0.15) is 0 Å². The summed E-state index contributed by atoms with van der Waals surface area (Å²) in [6.45, 7) is 0. The van der Waals surface area contributed by atoms with Crippen LogP contribution in [0.3, 0.4) is 0 Å². The van der Waals surface area contributed by atoms with Crippen LogP contribution in [0.4, 0.5) is 0 Å². The summed E-state index contributed by atoms with van der Waals surface area (Å²) >= 11 is 4.70. The minimum absolute atomic E-state index is 0.746. The molecule has 0 aliphatic heterocycles. The fraction of sp³-hybridized carbons (Fsp3) is 0. The van der Waals surface area contributed by atoms with Crippen LogP contribution in [0.5, 0.6) is 0 Å². The van der Waals surface area contributed by atoms with Gasteiger partial charge in [0.15, 0.2) is 0 Å². The van der Waals surface area contributed by atoms with E-state index < -0.39 is 0 Å². The molecule has 0 aliphatic carbocycles. The van der Waals surface area contributed by atoms with Crippen molar-refractivity contribution in [2.75, 3.05) is 0 Å². The number of hydrogen-bond donors (Lipinski definition) is 1. The normalized spacial score (nSPS) is 8.90. The van der Waals surface area contributed by atoms with E-state index in [1.54, 1.807) is 6.20 Å². The highest BCUT2D eigenvalue weighted by atomic mass is 79.9. The third-order valence-electron chi connectivity index (χ3n) is 0.732. The lowest BCUT2D eigenvalue weighted by Gasteiger charge is -1.87. The lowest BCUT2D eigenvalue weighted by atomic mass is 10.1. The van der Waals surface area contributed by atoms with Crippen LogP contribution in [-0.4, -0.2) is 18.9 Å². The molecule has 0 amide bonds. The molecule has 1 rings (SSSR count). The van der Waals surface area contributed by atoms with E-state index in [0.717, 1.165) is 15.1 Å². The maximum Gasteiger partial charge on any atom is 0.441 e. The first-order chi connectivity index (χ1) is 4.83. The van der Waals surface area contributed by atoms with Crippen molar-refractivity contribution in [3.63, 3.8) is 0 Å². The Kier molecular flexibility index (Phi) is 2.89. The van der Waals surface area contributed by atoms with Gasteiger partial charge in [-0.2, -0.15) is 0 Å². The molecule has 0 saturated carbocycles. The molecule has 0 aromatic carbocycles. The van der Waals surface area contributed by atoms with Crippen LogP contribution in [-0.2, 0) is 4.65 Å². The number of aromatic nitrogens is 1. The van der Waals surface area contributed by atoms with Crippen LogP contribution in [0.25, 0.3) is 0 Å². The highest BCUT2D eigenvalue weighted by molar-refractivity contribution is 9.11. The van der Waals surface area contributed by atoms with Crippen molar-refractivity contribution in [2.24, 2.45) is 0 Å². The first kappa shape index (κ1) is 7.75. The van der Waals surface area contributed by atoms with Gasteiger partial charge in [-0.15, -0.1) is 11.3 Å². The van der Waals surface area contributed by atoms with Gasteiger partial charge in [0.05, 0.1) is 9.98 Å². The topological polar surface area (TPSA) is 46.0 Å². The summed E-state index contributed by atoms with van der Waals surface area (Å²) < 4.78 is 5.53. The molecule has 0 unspecified atom stereocenters. The van der Waals surface area contributed by atoms with Crippen molar-refractivity contribution in [2.45, 2.75) is 0 Å². The van der Waals surface area contributed by atoms with Crippen LogP contribution in [0.2, 0.25) is 0 Å². The number of halogens is 1. The quantitative estimate of drug-likeness (QED) is 0.462. The van der Waals surface area contributed by atoms with Crippen LogP contribution in [0, 0.1) is 5.41 Å². The number of nitrogens with one attached hydrogen (secondary N) is 1. The summed E-state index contributed by atoms with van der Waals surface area (Å²) in [5.74, 6) is 0. The van der Waals surface area contributed by atoms with E-state index in [1.165, 1.54) is 18.8 Å². The standard InChI is InChI=1S/C4H3BBrN2OS/c6-3-1-8-4(10-3)5-9-2-7/h1-2,7H. The van der Waals surface area contributed by atoms with E-state index in [4.69, 9.17) is 5.41 Å². The highest BCUT2D eigenvalue weighted by Crippen LogP contribution is 2.10. The third kappa shape index (κ3) is 2.11. The summed E-state index contributed by atoms with van der Waals surface area (Å²) in [7, 11) is 1.42. The van der Waals surface area contributed by atoms with Gasteiger partial charge in [0.25, 0.3) is 0 Å². The molecule has 1 aromatic heterocycles. The zero-order valence-electron chi connectivity index (χ0n) is 4.87. The first-order valence-corrected chi connectivity index (χ1v) is 4.03. The number of rotatable bonds is 3. The lowest BCUT2D eigenvalue weighted by molar-refractivity contribution is 0.622. The van der Waals surface area contributed by atoms with Crippen molar-refractivity contribution < 1.29 is 4.65 Å². The fourth-order valence-electron chi connectivity index (χ4n) is 0.414. The summed E-state index contributed by atoms with van der Waals surface area (Å²) in [4.78, 5) is 4.69. The second-order valence-electron chi connectivity index (χ2n) is 1.37. The zero-order valence-corrected chi connectivity index (χ0v) is 7.28. The van der Waals surface area contributed by atoms with E-state index in [0.29, 0.717) is 0 Å². The smallest absolute Gasteiger partial charge is 0.441 e. The SMILES string of the molecule is N=CO[B]c1ncc(Br)s1. The summed E-state index contributed by atoms with van der Waals surface area (Å²) in [5, 5.41) is 6.55. The van der Waals surface area contributed by atoms with Crippen molar-refractivity contribution in [1.82, 2.24) is 4.98 Å². The Morgan fingerprint density at radius 3 is 3.20 bits per heavy atom. The predicted molar refractivity (Wildman–Crippen MR) is 45.1 cm³/mol. The lowest BCUT2D eigenvalue weighted by Crippen LogP contribution is -2.15. The third-order valence-corrected chi connectivity index (χ3v) is 2.13. The number of thiazole rings is 1.